The van der Waals surface area contributed by atoms with Crippen LogP contribution in [0.5, 0.6) is 11.5 Å². The summed E-state index contributed by atoms with van der Waals surface area (Å²) in [5.74, 6) is -2.06. The molecule has 1 fully saturated rings. The average Bonchev–Trinajstić information content (AvgIpc) is 2.89. The monoisotopic (exact) mass is 510 g/mol. The van der Waals surface area contributed by atoms with Crippen LogP contribution in [0.25, 0.3) is 11.1 Å². The molecular formula is C31H33F3O3. The maximum atomic E-state index is 15.0. The van der Waals surface area contributed by atoms with Crippen molar-refractivity contribution in [3.05, 3.63) is 83.2 Å². The van der Waals surface area contributed by atoms with Crippen LogP contribution in [0.1, 0.15) is 80.6 Å². The Hall–Kier alpha value is -3.28. The van der Waals surface area contributed by atoms with Crippen LogP contribution in [0.4, 0.5) is 13.2 Å². The maximum absolute atomic E-state index is 15.0. The molecule has 0 spiro atoms. The van der Waals surface area contributed by atoms with Crippen LogP contribution in [0.15, 0.2) is 54.6 Å². The molecule has 196 valence electrons. The predicted molar refractivity (Wildman–Crippen MR) is 139 cm³/mol. The fraction of sp³-hybridized carbons (Fsp3) is 0.387. The Morgan fingerprint density at radius 1 is 0.865 bits per heavy atom. The van der Waals surface area contributed by atoms with E-state index < -0.39 is 23.4 Å². The highest BCUT2D eigenvalue weighted by atomic mass is 19.2. The number of esters is 1. The van der Waals surface area contributed by atoms with Gasteiger partial charge in [0, 0.05) is 11.6 Å². The lowest BCUT2D eigenvalue weighted by molar-refractivity contribution is 0.0730. The summed E-state index contributed by atoms with van der Waals surface area (Å²) in [7, 11) is 0. The van der Waals surface area contributed by atoms with Gasteiger partial charge in [-0.25, -0.2) is 18.0 Å². The summed E-state index contributed by atoms with van der Waals surface area (Å²) in [4.78, 5) is 12.5. The Labute approximate surface area is 216 Å². The molecule has 0 radical (unpaired) electrons. The first-order valence-electron chi connectivity index (χ1n) is 13.1. The van der Waals surface area contributed by atoms with E-state index in [1.54, 1.807) is 24.3 Å². The molecule has 0 bridgehead atoms. The summed E-state index contributed by atoms with van der Waals surface area (Å²) in [6.07, 6.45) is 6.74. The third-order valence-electron chi connectivity index (χ3n) is 7.12. The van der Waals surface area contributed by atoms with Gasteiger partial charge in [-0.1, -0.05) is 63.8 Å². The molecule has 0 N–H and O–H groups in total. The second-order valence-corrected chi connectivity index (χ2v) is 9.90. The van der Waals surface area contributed by atoms with Crippen molar-refractivity contribution in [2.75, 3.05) is 6.61 Å². The largest absolute Gasteiger partial charge is 0.493 e. The highest BCUT2D eigenvalue weighted by molar-refractivity contribution is 5.91. The summed E-state index contributed by atoms with van der Waals surface area (Å²) in [6.45, 7) is 4.76. The Bertz CT molecular complexity index is 1220. The van der Waals surface area contributed by atoms with E-state index in [2.05, 4.69) is 13.8 Å². The second-order valence-electron chi connectivity index (χ2n) is 9.90. The van der Waals surface area contributed by atoms with Crippen molar-refractivity contribution in [2.24, 2.45) is 5.92 Å². The van der Waals surface area contributed by atoms with Crippen molar-refractivity contribution in [2.45, 2.75) is 64.7 Å². The molecule has 0 heterocycles. The molecule has 0 unspecified atom stereocenters. The molecule has 1 aliphatic rings. The van der Waals surface area contributed by atoms with Gasteiger partial charge in [0.25, 0.3) is 0 Å². The van der Waals surface area contributed by atoms with Gasteiger partial charge in [-0.3, -0.25) is 0 Å². The lowest BCUT2D eigenvalue weighted by Gasteiger charge is -2.27. The molecule has 1 aliphatic carbocycles. The Balaban J connectivity index is 1.41. The van der Waals surface area contributed by atoms with Crippen LogP contribution in [-0.2, 0) is 0 Å². The average molecular weight is 511 g/mol. The number of rotatable bonds is 9. The highest BCUT2D eigenvalue weighted by Gasteiger charge is 2.25. The standard InChI is InChI=1S/C31H33F3O3/c1-3-4-5-18-36-24-14-15-27(28(32)19-24)31(35)37-23-12-10-22(11-13-23)26-17-16-25(29(33)30(26)34)21-8-6-20(2)7-9-21/h10-17,19-21H,3-9,18H2,1-2H3. The van der Waals surface area contributed by atoms with E-state index in [1.807, 2.05) is 0 Å². The zero-order valence-corrected chi connectivity index (χ0v) is 21.4. The molecule has 0 amide bonds. The molecule has 6 heteroatoms. The number of benzene rings is 3. The zero-order chi connectivity index (χ0) is 26.4. The number of carbonyl (C=O) groups is 1. The van der Waals surface area contributed by atoms with E-state index >= 15 is 0 Å². The Morgan fingerprint density at radius 3 is 2.24 bits per heavy atom. The van der Waals surface area contributed by atoms with E-state index in [0.29, 0.717) is 29.4 Å². The van der Waals surface area contributed by atoms with Gasteiger partial charge >= 0.3 is 5.97 Å². The van der Waals surface area contributed by atoms with Crippen molar-refractivity contribution in [1.29, 1.82) is 0 Å². The van der Waals surface area contributed by atoms with Crippen molar-refractivity contribution >= 4 is 5.97 Å². The van der Waals surface area contributed by atoms with Crippen LogP contribution < -0.4 is 9.47 Å². The smallest absolute Gasteiger partial charge is 0.346 e. The minimum atomic E-state index is -0.875. The van der Waals surface area contributed by atoms with E-state index in [1.165, 1.54) is 30.3 Å². The number of halogens is 3. The third kappa shape index (κ3) is 6.54. The minimum absolute atomic E-state index is 0.0450. The molecule has 0 atom stereocenters. The van der Waals surface area contributed by atoms with Crippen LogP contribution in [-0.4, -0.2) is 12.6 Å². The Kier molecular flexibility index (Phi) is 8.91. The van der Waals surface area contributed by atoms with E-state index in [9.17, 15) is 18.0 Å². The first kappa shape index (κ1) is 26.8. The van der Waals surface area contributed by atoms with E-state index in [4.69, 9.17) is 9.47 Å². The number of ether oxygens (including phenoxy) is 2. The van der Waals surface area contributed by atoms with Gasteiger partial charge in [0.05, 0.1) is 12.2 Å². The number of carbonyl (C=O) groups excluding carboxylic acids is 1. The molecular weight excluding hydrogens is 477 g/mol. The van der Waals surface area contributed by atoms with Crippen LogP contribution >= 0.6 is 0 Å². The van der Waals surface area contributed by atoms with Gasteiger partial charge in [0.15, 0.2) is 11.6 Å². The van der Waals surface area contributed by atoms with Crippen molar-refractivity contribution in [3.8, 4) is 22.6 Å². The van der Waals surface area contributed by atoms with Gasteiger partial charge in [-0.05, 0) is 66.5 Å². The summed E-state index contributed by atoms with van der Waals surface area (Å²) < 4.78 is 55.2. The van der Waals surface area contributed by atoms with Gasteiger partial charge in [0.2, 0.25) is 0 Å². The predicted octanol–water partition coefficient (Wildman–Crippen LogP) is 8.85. The van der Waals surface area contributed by atoms with Gasteiger partial charge in [-0.2, -0.15) is 0 Å². The van der Waals surface area contributed by atoms with Crippen molar-refractivity contribution < 1.29 is 27.4 Å². The maximum Gasteiger partial charge on any atom is 0.346 e. The lowest BCUT2D eigenvalue weighted by Crippen LogP contribution is -2.13. The number of unbranched alkanes of at least 4 members (excludes halogenated alkanes) is 2. The van der Waals surface area contributed by atoms with Crippen LogP contribution in [0.3, 0.4) is 0 Å². The molecule has 0 aliphatic heterocycles. The van der Waals surface area contributed by atoms with Gasteiger partial charge < -0.3 is 9.47 Å². The van der Waals surface area contributed by atoms with Gasteiger partial charge in [-0.15, -0.1) is 0 Å². The molecule has 37 heavy (non-hydrogen) atoms. The SMILES string of the molecule is CCCCCOc1ccc(C(=O)Oc2ccc(-c3ccc(C4CCC(C)CC4)c(F)c3F)cc2)c(F)c1. The molecule has 0 saturated heterocycles. The number of hydrogen-bond acceptors (Lipinski definition) is 3. The molecule has 4 rings (SSSR count). The summed E-state index contributed by atoms with van der Waals surface area (Å²) in [5.41, 5.74) is 0.823. The quantitative estimate of drug-likeness (QED) is 0.164. The molecule has 1 saturated carbocycles. The fourth-order valence-corrected chi connectivity index (χ4v) is 4.83. The van der Waals surface area contributed by atoms with Crippen LogP contribution in [0.2, 0.25) is 0 Å². The lowest BCUT2D eigenvalue weighted by atomic mass is 9.79. The first-order chi connectivity index (χ1) is 17.9. The fourth-order valence-electron chi connectivity index (χ4n) is 4.83. The normalized spacial score (nSPS) is 17.4. The van der Waals surface area contributed by atoms with Crippen LogP contribution in [0, 0.1) is 23.4 Å². The third-order valence-corrected chi connectivity index (χ3v) is 7.12. The summed E-state index contributed by atoms with van der Waals surface area (Å²) in [6, 6.07) is 13.4. The summed E-state index contributed by atoms with van der Waals surface area (Å²) >= 11 is 0. The molecule has 3 nitrogen and oxygen atoms in total. The second kappa shape index (κ2) is 12.3. The molecule has 3 aromatic carbocycles. The van der Waals surface area contributed by atoms with Gasteiger partial charge in [0.1, 0.15) is 17.3 Å². The summed E-state index contributed by atoms with van der Waals surface area (Å²) in [5, 5.41) is 0. The van der Waals surface area contributed by atoms with E-state index in [-0.39, 0.29) is 22.8 Å². The topological polar surface area (TPSA) is 35.5 Å². The zero-order valence-electron chi connectivity index (χ0n) is 21.4. The molecule has 0 aromatic heterocycles. The van der Waals surface area contributed by atoms with E-state index in [0.717, 1.165) is 44.9 Å². The number of hydrogen-bond donors (Lipinski definition) is 0. The van der Waals surface area contributed by atoms with Crippen molar-refractivity contribution in [1.82, 2.24) is 0 Å². The minimum Gasteiger partial charge on any atom is -0.493 e. The Morgan fingerprint density at radius 2 is 1.57 bits per heavy atom. The highest BCUT2D eigenvalue weighted by Crippen LogP contribution is 2.39. The first-order valence-corrected chi connectivity index (χ1v) is 13.1. The van der Waals surface area contributed by atoms with Crippen molar-refractivity contribution in [3.63, 3.8) is 0 Å². The molecule has 3 aromatic rings.